The van der Waals surface area contributed by atoms with Crippen molar-refractivity contribution >= 4 is 11.7 Å². The van der Waals surface area contributed by atoms with E-state index in [0.29, 0.717) is 24.0 Å². The number of hydrogen-bond acceptors (Lipinski definition) is 3. The molecule has 4 aromatic rings. The Bertz CT molecular complexity index is 1360. The summed E-state index contributed by atoms with van der Waals surface area (Å²) in [5.41, 5.74) is 10.7. The van der Waals surface area contributed by atoms with E-state index in [0.717, 1.165) is 28.7 Å². The second-order valence-electron chi connectivity index (χ2n) is 9.45. The van der Waals surface area contributed by atoms with Crippen molar-refractivity contribution in [2.45, 2.75) is 25.3 Å². The van der Waals surface area contributed by atoms with Gasteiger partial charge in [-0.05, 0) is 71.8 Å². The Balaban J connectivity index is 0.00000420. The molecule has 197 valence electrons. The number of nitrogens with one attached hydrogen (secondary N) is 2. The van der Waals surface area contributed by atoms with Crippen molar-refractivity contribution in [1.29, 1.82) is 5.41 Å². The SMILES string of the molecule is N=C(N)c1cccc(CC(CO)C(CCc2ccccc2)NC(=O)c2ccc(-c3ccc(F)cc3)cc2)c1.[Ac]. The summed E-state index contributed by atoms with van der Waals surface area (Å²) >= 11 is 0. The Morgan fingerprint density at radius 3 is 2.08 bits per heavy atom. The quantitative estimate of drug-likeness (QED) is 0.123. The third-order valence-electron chi connectivity index (χ3n) is 6.77. The van der Waals surface area contributed by atoms with E-state index in [4.69, 9.17) is 11.1 Å². The fourth-order valence-electron chi connectivity index (χ4n) is 4.60. The molecule has 0 spiro atoms. The molecule has 0 aliphatic heterocycles. The summed E-state index contributed by atoms with van der Waals surface area (Å²) in [6, 6.07) is 30.6. The average Bonchev–Trinajstić information content (AvgIpc) is 2.95. The molecule has 0 heterocycles. The summed E-state index contributed by atoms with van der Waals surface area (Å²) in [7, 11) is 0. The number of carbonyl (C=O) groups is 1. The fourth-order valence-corrected chi connectivity index (χ4v) is 4.60. The van der Waals surface area contributed by atoms with E-state index in [1.54, 1.807) is 30.3 Å². The molecule has 0 aliphatic rings. The monoisotopic (exact) mass is 736 g/mol. The number of aliphatic hydroxyl groups is 1. The van der Waals surface area contributed by atoms with Gasteiger partial charge in [0.25, 0.3) is 5.91 Å². The molecule has 1 radical (unpaired) electrons. The van der Waals surface area contributed by atoms with Crippen molar-refractivity contribution in [3.05, 3.63) is 131 Å². The maximum Gasteiger partial charge on any atom is 0.251 e. The van der Waals surface area contributed by atoms with Gasteiger partial charge in [0.15, 0.2) is 0 Å². The van der Waals surface area contributed by atoms with Gasteiger partial charge in [-0.1, -0.05) is 72.8 Å². The second-order valence-corrected chi connectivity index (χ2v) is 9.45. The molecular weight excluding hydrogens is 704 g/mol. The third kappa shape index (κ3) is 8.83. The number of aryl methyl sites for hydroxylation is 1. The molecule has 0 aliphatic carbocycles. The van der Waals surface area contributed by atoms with E-state index in [1.165, 1.54) is 12.1 Å². The number of benzene rings is 4. The van der Waals surface area contributed by atoms with Gasteiger partial charge in [0.2, 0.25) is 0 Å². The van der Waals surface area contributed by atoms with Crippen LogP contribution in [-0.2, 0) is 12.8 Å². The molecule has 5 nitrogen and oxygen atoms in total. The molecule has 7 heteroatoms. The van der Waals surface area contributed by atoms with Crippen LogP contribution in [0.3, 0.4) is 0 Å². The molecule has 0 saturated carbocycles. The van der Waals surface area contributed by atoms with Crippen LogP contribution in [0.25, 0.3) is 11.1 Å². The second kappa shape index (κ2) is 15.1. The molecule has 0 bridgehead atoms. The van der Waals surface area contributed by atoms with E-state index in [2.05, 4.69) is 17.4 Å². The van der Waals surface area contributed by atoms with E-state index in [-0.39, 0.29) is 80.2 Å². The smallest absolute Gasteiger partial charge is 0.251 e. The van der Waals surface area contributed by atoms with E-state index in [9.17, 15) is 14.3 Å². The van der Waals surface area contributed by atoms with Crippen molar-refractivity contribution in [1.82, 2.24) is 5.32 Å². The molecule has 2 atom stereocenters. The molecule has 0 saturated heterocycles. The first-order valence-electron chi connectivity index (χ1n) is 12.7. The van der Waals surface area contributed by atoms with Gasteiger partial charge in [0.1, 0.15) is 11.7 Å². The molecule has 4 aromatic carbocycles. The molecule has 39 heavy (non-hydrogen) atoms. The number of aliphatic hydroxyl groups excluding tert-OH is 1. The molecule has 0 fully saturated rings. The Hall–Kier alpha value is -2.85. The molecule has 4 rings (SSSR count). The van der Waals surface area contributed by atoms with Gasteiger partial charge < -0.3 is 16.2 Å². The number of nitrogens with two attached hydrogens (primary N) is 1. The van der Waals surface area contributed by atoms with Gasteiger partial charge in [-0.25, -0.2) is 4.39 Å². The normalized spacial score (nSPS) is 12.2. The first-order chi connectivity index (χ1) is 18.4. The van der Waals surface area contributed by atoms with Crippen LogP contribution in [0.5, 0.6) is 0 Å². The predicted octanol–water partition coefficient (Wildman–Crippen LogP) is 5.36. The minimum absolute atomic E-state index is 0. The number of hydrogen-bond donors (Lipinski definition) is 4. The van der Waals surface area contributed by atoms with Crippen LogP contribution in [0.1, 0.15) is 33.5 Å². The van der Waals surface area contributed by atoms with Gasteiger partial charge in [-0.3, -0.25) is 10.2 Å². The Kier molecular flexibility index (Phi) is 11.9. The average molecular weight is 737 g/mol. The fraction of sp³-hybridized carbons (Fsp3) is 0.188. The molecular formula is C32H32AcFN3O2. The van der Waals surface area contributed by atoms with E-state index < -0.39 is 0 Å². The number of carbonyl (C=O) groups excluding carboxylic acids is 1. The van der Waals surface area contributed by atoms with Crippen LogP contribution in [0.15, 0.2) is 103 Å². The maximum atomic E-state index is 13.3. The van der Waals surface area contributed by atoms with Crippen molar-refractivity contribution < 1.29 is 58.4 Å². The zero-order valence-electron chi connectivity index (χ0n) is 21.7. The van der Waals surface area contributed by atoms with Crippen LogP contribution < -0.4 is 11.1 Å². The van der Waals surface area contributed by atoms with Crippen LogP contribution in [0, 0.1) is 61.2 Å². The van der Waals surface area contributed by atoms with Gasteiger partial charge in [-0.2, -0.15) is 0 Å². The minimum atomic E-state index is -0.294. The summed E-state index contributed by atoms with van der Waals surface area (Å²) in [5.74, 6) is -0.754. The number of amidine groups is 1. The number of halogens is 1. The molecule has 2 unspecified atom stereocenters. The maximum absolute atomic E-state index is 13.3. The zero-order valence-corrected chi connectivity index (χ0v) is 26.4. The molecule has 5 N–H and O–H groups in total. The molecule has 1 amide bonds. The Labute approximate surface area is 264 Å². The summed E-state index contributed by atoms with van der Waals surface area (Å²) in [4.78, 5) is 13.3. The summed E-state index contributed by atoms with van der Waals surface area (Å²) < 4.78 is 13.3. The number of amides is 1. The van der Waals surface area contributed by atoms with Crippen molar-refractivity contribution in [2.24, 2.45) is 11.7 Å². The summed E-state index contributed by atoms with van der Waals surface area (Å²) in [5, 5.41) is 21.2. The Morgan fingerprint density at radius 2 is 1.46 bits per heavy atom. The van der Waals surface area contributed by atoms with Crippen molar-refractivity contribution in [3.63, 3.8) is 0 Å². The first kappa shape index (κ1) is 30.7. The summed E-state index contributed by atoms with van der Waals surface area (Å²) in [6.07, 6.45) is 1.93. The number of rotatable bonds is 11. The van der Waals surface area contributed by atoms with Crippen LogP contribution in [0.2, 0.25) is 0 Å². The van der Waals surface area contributed by atoms with Crippen LogP contribution in [-0.4, -0.2) is 29.5 Å². The van der Waals surface area contributed by atoms with Crippen LogP contribution in [0.4, 0.5) is 4.39 Å². The standard InChI is InChI=1S/C32H32FN3O2.Ac/c33-29-16-14-25(15-17-29)24-10-12-26(13-11-24)32(38)36-30(18-9-22-5-2-1-3-6-22)28(21-37)20-23-7-4-8-27(19-23)31(34)35;/h1-8,10-17,19,28,30,37H,9,18,20-21H2,(H3,34,35)(H,36,38);. The summed E-state index contributed by atoms with van der Waals surface area (Å²) in [6.45, 7) is -0.104. The van der Waals surface area contributed by atoms with Gasteiger partial charge >= 0.3 is 0 Å². The Morgan fingerprint density at radius 1 is 0.846 bits per heavy atom. The number of nitrogen functional groups attached to an aromatic ring is 1. The van der Waals surface area contributed by atoms with E-state index in [1.807, 2.05) is 48.5 Å². The van der Waals surface area contributed by atoms with E-state index >= 15 is 0 Å². The van der Waals surface area contributed by atoms with Gasteiger partial charge in [0, 0.05) is 73.8 Å². The largest absolute Gasteiger partial charge is 0.396 e. The topological polar surface area (TPSA) is 99.2 Å². The third-order valence-corrected chi connectivity index (χ3v) is 6.77. The zero-order chi connectivity index (χ0) is 26.9. The van der Waals surface area contributed by atoms with Crippen molar-refractivity contribution in [2.75, 3.05) is 6.61 Å². The van der Waals surface area contributed by atoms with Gasteiger partial charge in [-0.15, -0.1) is 0 Å². The predicted molar refractivity (Wildman–Crippen MR) is 150 cm³/mol. The van der Waals surface area contributed by atoms with Crippen molar-refractivity contribution in [3.8, 4) is 11.1 Å². The molecule has 0 aromatic heterocycles. The first-order valence-corrected chi connectivity index (χ1v) is 12.7. The van der Waals surface area contributed by atoms with Crippen LogP contribution >= 0.6 is 0 Å². The minimum Gasteiger partial charge on any atom is -0.396 e. The van der Waals surface area contributed by atoms with Gasteiger partial charge in [0.05, 0.1) is 0 Å².